The molecule has 0 amide bonds. The summed E-state index contributed by atoms with van der Waals surface area (Å²) < 4.78 is 0. The minimum atomic E-state index is 0.353. The zero-order chi connectivity index (χ0) is 12.1. The van der Waals surface area contributed by atoms with Gasteiger partial charge >= 0.3 is 0 Å². The van der Waals surface area contributed by atoms with Gasteiger partial charge in [0, 0.05) is 13.1 Å². The van der Waals surface area contributed by atoms with Crippen LogP contribution in [0.5, 0.6) is 0 Å². The monoisotopic (exact) mass is 260 g/mol. The van der Waals surface area contributed by atoms with Gasteiger partial charge in [0.2, 0.25) is 0 Å². The van der Waals surface area contributed by atoms with Gasteiger partial charge in [-0.05, 0) is 25.0 Å². The fourth-order valence-corrected chi connectivity index (χ4v) is 2.01. The molecule has 0 radical (unpaired) electrons. The molecule has 0 saturated carbocycles. The van der Waals surface area contributed by atoms with Gasteiger partial charge in [-0.1, -0.05) is 25.4 Å². The Hall–Kier alpha value is -0.470. The second kappa shape index (κ2) is 6.31. The summed E-state index contributed by atoms with van der Waals surface area (Å²) in [5, 5.41) is 0.638. The van der Waals surface area contributed by atoms with Crippen molar-refractivity contribution < 1.29 is 0 Å². The highest BCUT2D eigenvalue weighted by molar-refractivity contribution is 6.32. The van der Waals surface area contributed by atoms with Gasteiger partial charge < -0.3 is 4.90 Å². The maximum atomic E-state index is 5.98. The van der Waals surface area contributed by atoms with E-state index in [4.69, 9.17) is 23.2 Å². The van der Waals surface area contributed by atoms with Crippen LogP contribution in [-0.4, -0.2) is 18.1 Å². The lowest BCUT2D eigenvalue weighted by Gasteiger charge is -2.24. The molecule has 2 nitrogen and oxygen atoms in total. The van der Waals surface area contributed by atoms with Crippen LogP contribution < -0.4 is 4.90 Å². The van der Waals surface area contributed by atoms with Gasteiger partial charge in [-0.2, -0.15) is 0 Å². The van der Waals surface area contributed by atoms with Crippen molar-refractivity contribution in [2.24, 2.45) is 5.92 Å². The Balaban J connectivity index is 2.92. The van der Waals surface area contributed by atoms with Crippen LogP contribution in [0.25, 0.3) is 0 Å². The van der Waals surface area contributed by atoms with Crippen LogP contribution in [0.3, 0.4) is 0 Å². The van der Waals surface area contributed by atoms with Crippen LogP contribution in [0.15, 0.2) is 12.1 Å². The van der Waals surface area contributed by atoms with Crippen molar-refractivity contribution in [1.82, 2.24) is 4.98 Å². The summed E-state index contributed by atoms with van der Waals surface area (Å²) in [4.78, 5) is 6.71. The minimum absolute atomic E-state index is 0.353. The molecule has 4 heteroatoms. The molecule has 0 aliphatic heterocycles. The van der Waals surface area contributed by atoms with Crippen molar-refractivity contribution in [3.63, 3.8) is 0 Å². The van der Waals surface area contributed by atoms with Crippen LogP contribution in [0, 0.1) is 5.92 Å². The first-order valence-electron chi connectivity index (χ1n) is 5.54. The first kappa shape index (κ1) is 13.6. The number of alkyl halides is 1. The molecule has 1 aromatic rings. The van der Waals surface area contributed by atoms with Crippen molar-refractivity contribution >= 4 is 29.0 Å². The third-order valence-corrected chi connectivity index (χ3v) is 2.92. The molecule has 0 saturated heterocycles. The quantitative estimate of drug-likeness (QED) is 0.746. The van der Waals surface area contributed by atoms with Crippen LogP contribution in [0.1, 0.15) is 26.5 Å². The molecule has 16 heavy (non-hydrogen) atoms. The number of nitrogens with zero attached hydrogens (tertiary/aromatic N) is 2. The number of halogens is 2. The second-order valence-electron chi connectivity index (χ2n) is 4.16. The summed E-state index contributed by atoms with van der Waals surface area (Å²) in [5.74, 6) is 1.92. The first-order chi connectivity index (χ1) is 7.58. The molecular formula is C12H18Cl2N2. The maximum Gasteiger partial charge on any atom is 0.128 e. The van der Waals surface area contributed by atoms with Gasteiger partial charge in [0.1, 0.15) is 5.82 Å². The predicted molar refractivity (Wildman–Crippen MR) is 71.5 cm³/mol. The van der Waals surface area contributed by atoms with E-state index in [1.807, 2.05) is 12.1 Å². The Labute approximate surface area is 108 Å². The summed E-state index contributed by atoms with van der Waals surface area (Å²) in [5.41, 5.74) is 0.753. The van der Waals surface area contributed by atoms with Crippen molar-refractivity contribution in [1.29, 1.82) is 0 Å². The van der Waals surface area contributed by atoms with Crippen molar-refractivity contribution in [2.45, 2.75) is 26.7 Å². The number of hydrogen-bond acceptors (Lipinski definition) is 2. The Morgan fingerprint density at radius 3 is 2.56 bits per heavy atom. The zero-order valence-corrected chi connectivity index (χ0v) is 11.5. The highest BCUT2D eigenvalue weighted by Gasteiger charge is 2.10. The third-order valence-electron chi connectivity index (χ3n) is 2.32. The summed E-state index contributed by atoms with van der Waals surface area (Å²) in [6.45, 7) is 8.45. The van der Waals surface area contributed by atoms with E-state index in [1.54, 1.807) is 0 Å². The molecule has 0 unspecified atom stereocenters. The molecule has 0 spiro atoms. The average molecular weight is 261 g/mol. The minimum Gasteiger partial charge on any atom is -0.357 e. The molecular weight excluding hydrogens is 243 g/mol. The van der Waals surface area contributed by atoms with E-state index < -0.39 is 0 Å². The van der Waals surface area contributed by atoms with Gasteiger partial charge in [-0.25, -0.2) is 4.98 Å². The lowest BCUT2D eigenvalue weighted by atomic mass is 10.2. The smallest absolute Gasteiger partial charge is 0.128 e. The molecule has 0 aliphatic carbocycles. The molecule has 90 valence electrons. The number of aromatic nitrogens is 1. The fourth-order valence-electron chi connectivity index (χ4n) is 1.57. The van der Waals surface area contributed by atoms with E-state index >= 15 is 0 Å². The van der Waals surface area contributed by atoms with Gasteiger partial charge in [0.15, 0.2) is 0 Å². The third kappa shape index (κ3) is 3.53. The van der Waals surface area contributed by atoms with E-state index in [2.05, 4.69) is 30.7 Å². The van der Waals surface area contributed by atoms with E-state index in [1.165, 1.54) is 0 Å². The first-order valence-corrected chi connectivity index (χ1v) is 6.46. The van der Waals surface area contributed by atoms with Crippen LogP contribution >= 0.6 is 23.2 Å². The topological polar surface area (TPSA) is 16.1 Å². The van der Waals surface area contributed by atoms with Crippen LogP contribution in [0.4, 0.5) is 5.82 Å². The SMILES string of the molecule is CCN(CC(C)C)c1ccc(Cl)c(CCl)n1. The summed E-state index contributed by atoms with van der Waals surface area (Å²) in [7, 11) is 0. The lowest BCUT2D eigenvalue weighted by molar-refractivity contribution is 0.614. The predicted octanol–water partition coefficient (Wildman–Crippen LogP) is 3.96. The van der Waals surface area contributed by atoms with E-state index in [-0.39, 0.29) is 0 Å². The highest BCUT2D eigenvalue weighted by Crippen LogP contribution is 2.21. The van der Waals surface area contributed by atoms with Crippen molar-refractivity contribution in [2.75, 3.05) is 18.0 Å². The molecule has 1 heterocycles. The van der Waals surface area contributed by atoms with Crippen molar-refractivity contribution in [3.05, 3.63) is 22.8 Å². The van der Waals surface area contributed by atoms with Crippen LogP contribution in [-0.2, 0) is 5.88 Å². The van der Waals surface area contributed by atoms with E-state index in [0.29, 0.717) is 16.8 Å². The Morgan fingerprint density at radius 2 is 2.06 bits per heavy atom. The number of anilines is 1. The largest absolute Gasteiger partial charge is 0.357 e. The Bertz CT molecular complexity index is 340. The van der Waals surface area contributed by atoms with Gasteiger partial charge in [-0.15, -0.1) is 11.6 Å². The molecule has 0 fully saturated rings. The zero-order valence-electron chi connectivity index (χ0n) is 10.0. The van der Waals surface area contributed by atoms with Gasteiger partial charge in [-0.3, -0.25) is 0 Å². The van der Waals surface area contributed by atoms with E-state index in [0.717, 1.165) is 24.6 Å². The highest BCUT2D eigenvalue weighted by atomic mass is 35.5. The van der Waals surface area contributed by atoms with E-state index in [9.17, 15) is 0 Å². The lowest BCUT2D eigenvalue weighted by Crippen LogP contribution is -2.28. The van der Waals surface area contributed by atoms with Gasteiger partial charge in [0.25, 0.3) is 0 Å². The maximum absolute atomic E-state index is 5.98. The van der Waals surface area contributed by atoms with Gasteiger partial charge in [0.05, 0.1) is 16.6 Å². The number of hydrogen-bond donors (Lipinski definition) is 0. The summed E-state index contributed by atoms with van der Waals surface area (Å²) >= 11 is 11.8. The van der Waals surface area contributed by atoms with Crippen LogP contribution in [0.2, 0.25) is 5.02 Å². The fraction of sp³-hybridized carbons (Fsp3) is 0.583. The summed E-state index contributed by atoms with van der Waals surface area (Å²) in [6, 6.07) is 3.81. The summed E-state index contributed by atoms with van der Waals surface area (Å²) in [6.07, 6.45) is 0. The number of rotatable bonds is 5. The molecule has 1 rings (SSSR count). The normalized spacial score (nSPS) is 10.9. The Kier molecular flexibility index (Phi) is 5.36. The molecule has 0 aromatic carbocycles. The average Bonchev–Trinajstić information content (AvgIpc) is 2.26. The number of pyridine rings is 1. The van der Waals surface area contributed by atoms with Crippen molar-refractivity contribution in [3.8, 4) is 0 Å². The standard InChI is InChI=1S/C12H18Cl2N2/c1-4-16(8-9(2)3)12-6-5-10(14)11(7-13)15-12/h5-6,9H,4,7-8H2,1-3H3. The molecule has 0 bridgehead atoms. The molecule has 0 N–H and O–H groups in total. The molecule has 0 atom stereocenters. The molecule has 0 aliphatic rings. The Morgan fingerprint density at radius 1 is 1.38 bits per heavy atom. The second-order valence-corrected chi connectivity index (χ2v) is 4.84. The molecule has 1 aromatic heterocycles.